The zero-order chi connectivity index (χ0) is 28.1. The van der Waals surface area contributed by atoms with Crippen molar-refractivity contribution in [3.05, 3.63) is 112 Å². The normalized spacial score (nSPS) is 18.3. The molecule has 1 saturated carbocycles. The summed E-state index contributed by atoms with van der Waals surface area (Å²) < 4.78 is 10.5. The number of nitrogens with zero attached hydrogens (tertiary/aromatic N) is 1. The highest BCUT2D eigenvalue weighted by Gasteiger charge is 2.38. The molecule has 5 rings (SSSR count). The van der Waals surface area contributed by atoms with Crippen LogP contribution in [-0.4, -0.2) is 19.7 Å². The Hall–Kier alpha value is -4.36. The molecule has 4 heteroatoms. The second-order valence-electron chi connectivity index (χ2n) is 10.4. The maximum atomic E-state index is 11.8. The van der Waals surface area contributed by atoms with E-state index in [2.05, 4.69) is 55.5 Å². The standard InChI is InChI=1S/C36H35NO3/c1-4-31(33-18-16-30(39-3)21-29(33)23-37)36(25-13-10-24(11-14-25)12-19-35(38)40-5-2)34-22-27-9-7-6-8-26(27)20-28-15-17-32(28)34/h6-14,16,18-19,21-22,28,32H,4-5,15,17,20H2,1-3H3/b19-12+,36-31+. The third-order valence-electron chi connectivity index (χ3n) is 8.18. The van der Waals surface area contributed by atoms with E-state index in [1.807, 2.05) is 30.3 Å². The first kappa shape index (κ1) is 27.2. The lowest BCUT2D eigenvalue weighted by molar-refractivity contribution is -0.137. The summed E-state index contributed by atoms with van der Waals surface area (Å²) in [5.74, 6) is 1.41. The minimum Gasteiger partial charge on any atom is -0.497 e. The summed E-state index contributed by atoms with van der Waals surface area (Å²) in [6.45, 7) is 4.32. The molecule has 0 N–H and O–H groups in total. The summed E-state index contributed by atoms with van der Waals surface area (Å²) in [6, 6.07) is 25.3. The molecule has 0 radical (unpaired) electrons. The molecule has 0 spiro atoms. The molecule has 2 atom stereocenters. The van der Waals surface area contributed by atoms with Gasteiger partial charge in [-0.15, -0.1) is 0 Å². The Morgan fingerprint density at radius 2 is 1.85 bits per heavy atom. The van der Waals surface area contributed by atoms with Crippen molar-refractivity contribution in [2.24, 2.45) is 11.8 Å². The van der Waals surface area contributed by atoms with Gasteiger partial charge in [-0.25, -0.2) is 4.79 Å². The van der Waals surface area contributed by atoms with Gasteiger partial charge in [0, 0.05) is 6.08 Å². The average Bonchev–Trinajstić information content (AvgIpc) is 3.08. The molecule has 0 aromatic heterocycles. The minimum absolute atomic E-state index is 0.345. The van der Waals surface area contributed by atoms with Gasteiger partial charge in [0.2, 0.25) is 0 Å². The van der Waals surface area contributed by atoms with E-state index in [0.717, 1.165) is 35.1 Å². The first-order valence-electron chi connectivity index (χ1n) is 14.1. The highest BCUT2D eigenvalue weighted by atomic mass is 16.5. The molecule has 0 saturated heterocycles. The van der Waals surface area contributed by atoms with Gasteiger partial charge in [0.1, 0.15) is 5.75 Å². The number of carbonyl (C=O) groups is 1. The van der Waals surface area contributed by atoms with Gasteiger partial charge < -0.3 is 9.47 Å². The molecular weight excluding hydrogens is 494 g/mol. The Morgan fingerprint density at radius 1 is 1.05 bits per heavy atom. The SMILES string of the molecule is CCOC(=O)/C=C/c1ccc(/C(C2=Cc3ccccc3CC3CCC23)=C(/CC)c2ccc(OC)cc2C#N)cc1. The second-order valence-corrected chi connectivity index (χ2v) is 10.4. The van der Waals surface area contributed by atoms with Gasteiger partial charge in [-0.2, -0.15) is 5.26 Å². The van der Waals surface area contributed by atoms with Crippen LogP contribution in [0.4, 0.5) is 0 Å². The molecule has 202 valence electrons. The topological polar surface area (TPSA) is 59.3 Å². The van der Waals surface area contributed by atoms with E-state index in [1.165, 1.54) is 41.2 Å². The fraction of sp³-hybridized carbons (Fsp3) is 0.278. The number of rotatable bonds is 8. The van der Waals surface area contributed by atoms with Gasteiger partial charge in [0.15, 0.2) is 0 Å². The first-order chi connectivity index (χ1) is 19.6. The summed E-state index contributed by atoms with van der Waals surface area (Å²) in [6.07, 6.45) is 9.91. The number of hydrogen-bond donors (Lipinski definition) is 0. The number of hydrogen-bond acceptors (Lipinski definition) is 4. The quantitative estimate of drug-likeness (QED) is 0.168. The molecule has 0 heterocycles. The number of carbonyl (C=O) groups excluding carboxylic acids is 1. The van der Waals surface area contributed by atoms with E-state index >= 15 is 0 Å². The largest absolute Gasteiger partial charge is 0.497 e. The fourth-order valence-corrected chi connectivity index (χ4v) is 6.04. The van der Waals surface area contributed by atoms with Crippen LogP contribution >= 0.6 is 0 Å². The summed E-state index contributed by atoms with van der Waals surface area (Å²) in [5.41, 5.74) is 10.0. The van der Waals surface area contributed by atoms with Gasteiger partial charge in [-0.1, -0.05) is 61.5 Å². The molecule has 0 aliphatic heterocycles. The van der Waals surface area contributed by atoms with E-state index in [4.69, 9.17) is 9.47 Å². The second kappa shape index (κ2) is 12.2. The van der Waals surface area contributed by atoms with Crippen molar-refractivity contribution in [1.82, 2.24) is 0 Å². The number of allylic oxidation sites excluding steroid dienone is 3. The van der Waals surface area contributed by atoms with Gasteiger partial charge in [-0.3, -0.25) is 0 Å². The Balaban J connectivity index is 1.70. The molecule has 0 bridgehead atoms. The van der Waals surface area contributed by atoms with Crippen LogP contribution in [0.15, 0.2) is 78.4 Å². The maximum absolute atomic E-state index is 11.8. The molecular formula is C36H35NO3. The van der Waals surface area contributed by atoms with Gasteiger partial charge >= 0.3 is 5.97 Å². The smallest absolute Gasteiger partial charge is 0.330 e. The third kappa shape index (κ3) is 5.51. The number of nitriles is 1. The van der Waals surface area contributed by atoms with Crippen LogP contribution in [0, 0.1) is 23.2 Å². The Labute approximate surface area is 237 Å². The highest BCUT2D eigenvalue weighted by molar-refractivity contribution is 6.02. The summed E-state index contributed by atoms with van der Waals surface area (Å²) in [7, 11) is 1.63. The van der Waals surface area contributed by atoms with E-state index in [-0.39, 0.29) is 5.97 Å². The molecule has 3 aromatic rings. The van der Waals surface area contributed by atoms with Crippen molar-refractivity contribution < 1.29 is 14.3 Å². The molecule has 1 fully saturated rings. The number of ether oxygens (including phenoxy) is 2. The predicted molar refractivity (Wildman–Crippen MR) is 161 cm³/mol. The van der Waals surface area contributed by atoms with E-state index in [1.54, 1.807) is 20.1 Å². The predicted octanol–water partition coefficient (Wildman–Crippen LogP) is 8.13. The zero-order valence-electron chi connectivity index (χ0n) is 23.4. The Bertz CT molecular complexity index is 1530. The lowest BCUT2D eigenvalue weighted by atomic mass is 9.65. The fourth-order valence-electron chi connectivity index (χ4n) is 6.04. The van der Waals surface area contributed by atoms with Crippen LogP contribution in [-0.2, 0) is 16.0 Å². The maximum Gasteiger partial charge on any atom is 0.330 e. The van der Waals surface area contributed by atoms with Crippen molar-refractivity contribution >= 4 is 29.3 Å². The van der Waals surface area contributed by atoms with Gasteiger partial charge in [0.05, 0.1) is 25.3 Å². The van der Waals surface area contributed by atoms with Crippen LogP contribution in [0.2, 0.25) is 0 Å². The number of esters is 1. The number of benzene rings is 3. The Morgan fingerprint density at radius 3 is 2.52 bits per heavy atom. The summed E-state index contributed by atoms with van der Waals surface area (Å²) in [5, 5.41) is 10.1. The van der Waals surface area contributed by atoms with Crippen LogP contribution in [0.5, 0.6) is 5.75 Å². The molecule has 40 heavy (non-hydrogen) atoms. The Kier molecular flexibility index (Phi) is 8.31. The van der Waals surface area contributed by atoms with Crippen LogP contribution in [0.3, 0.4) is 0 Å². The zero-order valence-corrected chi connectivity index (χ0v) is 23.4. The third-order valence-corrected chi connectivity index (χ3v) is 8.18. The molecule has 3 aromatic carbocycles. The molecule has 2 unspecified atom stereocenters. The lowest BCUT2D eigenvalue weighted by Gasteiger charge is -2.39. The van der Waals surface area contributed by atoms with E-state index in [0.29, 0.717) is 29.8 Å². The molecule has 2 aliphatic rings. The molecule has 4 nitrogen and oxygen atoms in total. The van der Waals surface area contributed by atoms with Crippen molar-refractivity contribution in [2.75, 3.05) is 13.7 Å². The summed E-state index contributed by atoms with van der Waals surface area (Å²) >= 11 is 0. The van der Waals surface area contributed by atoms with Crippen molar-refractivity contribution in [2.45, 2.75) is 39.5 Å². The molecule has 0 amide bonds. The van der Waals surface area contributed by atoms with Crippen molar-refractivity contribution in [3.63, 3.8) is 0 Å². The van der Waals surface area contributed by atoms with Crippen LogP contribution < -0.4 is 4.74 Å². The lowest BCUT2D eigenvalue weighted by Crippen LogP contribution is -2.29. The minimum atomic E-state index is -0.345. The van der Waals surface area contributed by atoms with Crippen LogP contribution in [0.25, 0.3) is 23.3 Å². The van der Waals surface area contributed by atoms with Gasteiger partial charge in [-0.05, 0) is 113 Å². The highest BCUT2D eigenvalue weighted by Crippen LogP contribution is 2.51. The number of fused-ring (bicyclic) bond motifs is 2. The number of methoxy groups -OCH3 is 1. The van der Waals surface area contributed by atoms with Crippen LogP contribution in [0.1, 0.15) is 66.5 Å². The van der Waals surface area contributed by atoms with E-state index < -0.39 is 0 Å². The van der Waals surface area contributed by atoms with Crippen molar-refractivity contribution in [1.29, 1.82) is 5.26 Å². The van der Waals surface area contributed by atoms with Gasteiger partial charge in [0.25, 0.3) is 0 Å². The monoisotopic (exact) mass is 529 g/mol. The van der Waals surface area contributed by atoms with E-state index in [9.17, 15) is 10.1 Å². The molecule has 2 aliphatic carbocycles. The van der Waals surface area contributed by atoms with Crippen molar-refractivity contribution in [3.8, 4) is 11.8 Å². The average molecular weight is 530 g/mol. The first-order valence-corrected chi connectivity index (χ1v) is 14.1. The summed E-state index contributed by atoms with van der Waals surface area (Å²) in [4.78, 5) is 11.8.